The summed E-state index contributed by atoms with van der Waals surface area (Å²) in [5, 5.41) is 8.35. The molecular weight excluding hydrogens is 195 g/mol. The van der Waals surface area contributed by atoms with Gasteiger partial charge in [-0.1, -0.05) is 11.8 Å². The monoisotopic (exact) mass is 201 g/mol. The van der Waals surface area contributed by atoms with Gasteiger partial charge in [-0.05, 0) is 6.07 Å². The van der Waals surface area contributed by atoms with Crippen molar-refractivity contribution in [2.75, 3.05) is 6.61 Å². The zero-order valence-corrected chi connectivity index (χ0v) is 6.97. The van der Waals surface area contributed by atoms with Crippen LogP contribution in [-0.2, 0) is 6.18 Å². The van der Waals surface area contributed by atoms with E-state index in [1.807, 2.05) is 0 Å². The maximum Gasteiger partial charge on any atom is 0.417 e. The van der Waals surface area contributed by atoms with Gasteiger partial charge in [0.1, 0.15) is 6.61 Å². The standard InChI is InChI=1S/C9H6F3NO/c10-9(11,12)8-3-4-13-6-7(8)2-1-5-14/h3-4,6,14H,5H2. The van der Waals surface area contributed by atoms with E-state index in [1.165, 1.54) is 0 Å². The Labute approximate surface area is 78.4 Å². The summed E-state index contributed by atoms with van der Waals surface area (Å²) in [5.41, 5.74) is -1.07. The third-order valence-corrected chi connectivity index (χ3v) is 1.43. The third kappa shape index (κ3) is 2.47. The molecule has 0 aliphatic rings. The van der Waals surface area contributed by atoms with Crippen LogP contribution in [-0.4, -0.2) is 16.7 Å². The van der Waals surface area contributed by atoms with Crippen LogP contribution in [0.25, 0.3) is 0 Å². The summed E-state index contributed by atoms with van der Waals surface area (Å²) < 4.78 is 37.0. The van der Waals surface area contributed by atoms with Gasteiger partial charge in [0, 0.05) is 12.4 Å². The van der Waals surface area contributed by atoms with Gasteiger partial charge in [-0.2, -0.15) is 13.2 Å². The van der Waals surface area contributed by atoms with Crippen LogP contribution in [0.5, 0.6) is 0 Å². The van der Waals surface area contributed by atoms with Crippen LogP contribution < -0.4 is 0 Å². The van der Waals surface area contributed by atoms with Gasteiger partial charge in [0.15, 0.2) is 0 Å². The fourth-order valence-electron chi connectivity index (χ4n) is 0.876. The minimum atomic E-state index is -4.44. The molecule has 0 fully saturated rings. The first kappa shape index (κ1) is 10.5. The smallest absolute Gasteiger partial charge is 0.384 e. The van der Waals surface area contributed by atoms with Gasteiger partial charge in [-0.25, -0.2) is 0 Å². The molecule has 1 N–H and O–H groups in total. The Balaban J connectivity index is 3.16. The molecular formula is C9H6F3NO. The van der Waals surface area contributed by atoms with Gasteiger partial charge in [0.2, 0.25) is 0 Å². The summed E-state index contributed by atoms with van der Waals surface area (Å²) in [6, 6.07) is 0.849. The Morgan fingerprint density at radius 2 is 2.14 bits per heavy atom. The van der Waals surface area contributed by atoms with Crippen LogP contribution in [0, 0.1) is 11.8 Å². The SMILES string of the molecule is OCC#Cc1cnccc1C(F)(F)F. The van der Waals surface area contributed by atoms with Crippen molar-refractivity contribution < 1.29 is 18.3 Å². The largest absolute Gasteiger partial charge is 0.417 e. The van der Waals surface area contributed by atoms with Gasteiger partial charge in [-0.3, -0.25) is 4.98 Å². The fraction of sp³-hybridized carbons (Fsp3) is 0.222. The van der Waals surface area contributed by atoms with Crippen molar-refractivity contribution in [2.24, 2.45) is 0 Å². The van der Waals surface area contributed by atoms with Crippen molar-refractivity contribution in [1.29, 1.82) is 0 Å². The van der Waals surface area contributed by atoms with Crippen molar-refractivity contribution >= 4 is 0 Å². The number of aliphatic hydroxyl groups excluding tert-OH is 1. The molecule has 0 aliphatic carbocycles. The maximum atomic E-state index is 12.3. The lowest BCUT2D eigenvalue weighted by atomic mass is 10.1. The second kappa shape index (κ2) is 4.11. The third-order valence-electron chi connectivity index (χ3n) is 1.43. The molecule has 0 atom stereocenters. The molecule has 0 amide bonds. The van der Waals surface area contributed by atoms with Crippen LogP contribution in [0.1, 0.15) is 11.1 Å². The summed E-state index contributed by atoms with van der Waals surface area (Å²) in [6.45, 7) is -0.480. The Morgan fingerprint density at radius 3 is 2.71 bits per heavy atom. The second-order valence-electron chi connectivity index (χ2n) is 2.38. The van der Waals surface area contributed by atoms with Gasteiger partial charge in [0.25, 0.3) is 0 Å². The molecule has 1 rings (SSSR count). The van der Waals surface area contributed by atoms with E-state index in [-0.39, 0.29) is 5.56 Å². The van der Waals surface area contributed by atoms with E-state index >= 15 is 0 Å². The van der Waals surface area contributed by atoms with E-state index in [0.29, 0.717) is 0 Å². The number of pyridine rings is 1. The van der Waals surface area contributed by atoms with Crippen LogP contribution in [0.4, 0.5) is 13.2 Å². The van der Waals surface area contributed by atoms with E-state index in [1.54, 1.807) is 0 Å². The zero-order chi connectivity index (χ0) is 10.6. The number of hydrogen-bond donors (Lipinski definition) is 1. The molecule has 0 aromatic carbocycles. The van der Waals surface area contributed by atoms with Gasteiger partial charge >= 0.3 is 6.18 Å². The molecule has 1 heterocycles. The van der Waals surface area contributed by atoms with Crippen LogP contribution >= 0.6 is 0 Å². The molecule has 0 bridgehead atoms. The number of aliphatic hydroxyl groups is 1. The molecule has 1 aromatic rings. The first-order chi connectivity index (χ1) is 6.55. The minimum Gasteiger partial charge on any atom is -0.384 e. The predicted molar refractivity (Wildman–Crippen MR) is 43.2 cm³/mol. The highest BCUT2D eigenvalue weighted by Gasteiger charge is 2.32. The van der Waals surface area contributed by atoms with Gasteiger partial charge in [-0.15, -0.1) is 0 Å². The molecule has 0 saturated heterocycles. The van der Waals surface area contributed by atoms with Crippen LogP contribution in [0.15, 0.2) is 18.5 Å². The summed E-state index contributed by atoms with van der Waals surface area (Å²) >= 11 is 0. The first-order valence-electron chi connectivity index (χ1n) is 3.66. The van der Waals surface area contributed by atoms with E-state index < -0.39 is 18.3 Å². The maximum absolute atomic E-state index is 12.3. The van der Waals surface area contributed by atoms with E-state index in [2.05, 4.69) is 16.8 Å². The van der Waals surface area contributed by atoms with Gasteiger partial charge < -0.3 is 5.11 Å². The lowest BCUT2D eigenvalue weighted by Crippen LogP contribution is -2.07. The molecule has 1 aromatic heterocycles. The van der Waals surface area contributed by atoms with E-state index in [4.69, 9.17) is 5.11 Å². The van der Waals surface area contributed by atoms with Crippen molar-refractivity contribution in [1.82, 2.24) is 4.98 Å². The Morgan fingerprint density at radius 1 is 1.43 bits per heavy atom. The second-order valence-corrected chi connectivity index (χ2v) is 2.38. The summed E-state index contributed by atoms with van der Waals surface area (Å²) in [4.78, 5) is 3.53. The number of aromatic nitrogens is 1. The van der Waals surface area contributed by atoms with Crippen LogP contribution in [0.2, 0.25) is 0 Å². The molecule has 74 valence electrons. The minimum absolute atomic E-state index is 0.228. The molecule has 0 unspecified atom stereocenters. The topological polar surface area (TPSA) is 33.1 Å². The molecule has 0 spiro atoms. The van der Waals surface area contributed by atoms with Crippen molar-refractivity contribution in [3.8, 4) is 11.8 Å². The van der Waals surface area contributed by atoms with E-state index in [9.17, 15) is 13.2 Å². The van der Waals surface area contributed by atoms with E-state index in [0.717, 1.165) is 18.5 Å². The number of halogens is 3. The van der Waals surface area contributed by atoms with Gasteiger partial charge in [0.05, 0.1) is 11.1 Å². The number of alkyl halides is 3. The van der Waals surface area contributed by atoms with Crippen molar-refractivity contribution in [3.05, 3.63) is 29.6 Å². The summed E-state index contributed by atoms with van der Waals surface area (Å²) in [6.07, 6.45) is -2.37. The number of hydrogen-bond acceptors (Lipinski definition) is 2. The summed E-state index contributed by atoms with van der Waals surface area (Å²) in [7, 11) is 0. The highest BCUT2D eigenvalue weighted by atomic mass is 19.4. The lowest BCUT2D eigenvalue weighted by molar-refractivity contribution is -0.137. The Bertz CT molecular complexity index is 376. The number of nitrogens with zero attached hydrogens (tertiary/aromatic N) is 1. The highest BCUT2D eigenvalue weighted by molar-refractivity contribution is 5.40. The average Bonchev–Trinajstić information content (AvgIpc) is 2.14. The average molecular weight is 201 g/mol. The molecule has 0 aliphatic heterocycles. The molecule has 5 heteroatoms. The Hall–Kier alpha value is -1.54. The molecule has 2 nitrogen and oxygen atoms in total. The Kier molecular flexibility index (Phi) is 3.10. The molecule has 0 saturated carbocycles. The summed E-state index contributed by atoms with van der Waals surface area (Å²) in [5.74, 6) is 4.33. The van der Waals surface area contributed by atoms with Crippen molar-refractivity contribution in [3.63, 3.8) is 0 Å². The molecule has 14 heavy (non-hydrogen) atoms. The quantitative estimate of drug-likeness (QED) is 0.644. The fourth-order valence-corrected chi connectivity index (χ4v) is 0.876. The highest BCUT2D eigenvalue weighted by Crippen LogP contribution is 2.30. The predicted octanol–water partition coefficient (Wildman–Crippen LogP) is 1.44. The first-order valence-corrected chi connectivity index (χ1v) is 3.66. The van der Waals surface area contributed by atoms with Crippen molar-refractivity contribution in [2.45, 2.75) is 6.18 Å². The zero-order valence-electron chi connectivity index (χ0n) is 6.97. The normalized spacial score (nSPS) is 10.6. The number of rotatable bonds is 0. The van der Waals surface area contributed by atoms with Crippen LogP contribution in [0.3, 0.4) is 0 Å². The lowest BCUT2D eigenvalue weighted by Gasteiger charge is -2.07. The molecule has 0 radical (unpaired) electrons.